The molecule has 0 aliphatic carbocycles. The first-order valence-corrected chi connectivity index (χ1v) is 13.8. The molecule has 35 heavy (non-hydrogen) atoms. The fourth-order valence-corrected chi connectivity index (χ4v) is 5.85. The van der Waals surface area contributed by atoms with E-state index >= 15 is 0 Å². The van der Waals surface area contributed by atoms with Crippen molar-refractivity contribution >= 4 is 26.7 Å². The Morgan fingerprint density at radius 2 is 1.74 bits per heavy atom. The fraction of sp³-hybridized carbons (Fsp3) is 0.444. The number of sulfonamides is 1. The molecule has 0 saturated carbocycles. The van der Waals surface area contributed by atoms with Crippen LogP contribution in [0.1, 0.15) is 45.8 Å². The molecule has 0 radical (unpaired) electrons. The lowest BCUT2D eigenvalue weighted by Crippen LogP contribution is -2.38. The molecule has 1 unspecified atom stereocenters. The maximum atomic E-state index is 13.7. The second-order valence-electron chi connectivity index (χ2n) is 8.78. The summed E-state index contributed by atoms with van der Waals surface area (Å²) in [5.74, 6) is 0.372. The maximum Gasteiger partial charge on any atom is 0.244 e. The third-order valence-electron chi connectivity index (χ3n) is 6.28. The molecule has 0 aliphatic rings. The topological polar surface area (TPSA) is 82.9 Å². The number of carbonyl (C=O) groups excluding carboxylic acids is 1. The number of benzene rings is 2. The SMILES string of the molecule is CCN(CC)CCCC(C)NC(=O)CCN(Cc1ccco1)S(=O)(=O)c1cccc2ccccc12. The van der Waals surface area contributed by atoms with Crippen LogP contribution in [0.15, 0.2) is 70.2 Å². The van der Waals surface area contributed by atoms with Crippen LogP contribution in [0.4, 0.5) is 0 Å². The smallest absolute Gasteiger partial charge is 0.244 e. The Bertz CT molecular complexity index is 1170. The van der Waals surface area contributed by atoms with Gasteiger partial charge in [-0.2, -0.15) is 4.31 Å². The van der Waals surface area contributed by atoms with Gasteiger partial charge >= 0.3 is 0 Å². The summed E-state index contributed by atoms with van der Waals surface area (Å²) in [5, 5.41) is 4.53. The molecule has 0 spiro atoms. The van der Waals surface area contributed by atoms with Gasteiger partial charge in [-0.15, -0.1) is 0 Å². The first-order chi connectivity index (χ1) is 16.8. The molecule has 0 aliphatic heterocycles. The van der Waals surface area contributed by atoms with Crippen molar-refractivity contribution in [3.8, 4) is 0 Å². The summed E-state index contributed by atoms with van der Waals surface area (Å²) in [4.78, 5) is 15.3. The number of nitrogens with zero attached hydrogens (tertiary/aromatic N) is 2. The zero-order chi connectivity index (χ0) is 25.3. The van der Waals surface area contributed by atoms with Crippen molar-refractivity contribution in [2.45, 2.75) is 57.5 Å². The van der Waals surface area contributed by atoms with Gasteiger partial charge in [0, 0.05) is 24.4 Å². The molecule has 0 bridgehead atoms. The maximum absolute atomic E-state index is 13.7. The number of furan rings is 1. The van der Waals surface area contributed by atoms with E-state index in [0.717, 1.165) is 37.9 Å². The highest BCUT2D eigenvalue weighted by atomic mass is 32.2. The Balaban J connectivity index is 1.68. The van der Waals surface area contributed by atoms with Gasteiger partial charge in [0.2, 0.25) is 15.9 Å². The van der Waals surface area contributed by atoms with Crippen molar-refractivity contribution in [3.63, 3.8) is 0 Å². The summed E-state index contributed by atoms with van der Waals surface area (Å²) in [6.07, 6.45) is 3.48. The minimum Gasteiger partial charge on any atom is -0.468 e. The van der Waals surface area contributed by atoms with Gasteiger partial charge in [-0.25, -0.2) is 8.42 Å². The van der Waals surface area contributed by atoms with E-state index in [-0.39, 0.29) is 36.4 Å². The monoisotopic (exact) mass is 499 g/mol. The Kier molecular flexibility index (Phi) is 9.89. The molecule has 1 N–H and O–H groups in total. The van der Waals surface area contributed by atoms with Crippen LogP contribution in [0, 0.1) is 0 Å². The second kappa shape index (κ2) is 12.9. The summed E-state index contributed by atoms with van der Waals surface area (Å²) in [5.41, 5.74) is 0. The average Bonchev–Trinajstić information content (AvgIpc) is 3.37. The average molecular weight is 500 g/mol. The number of rotatable bonds is 14. The quantitative estimate of drug-likeness (QED) is 0.349. The Labute approximate surface area is 209 Å². The summed E-state index contributed by atoms with van der Waals surface area (Å²) in [6.45, 7) is 9.46. The number of nitrogens with one attached hydrogen (secondary N) is 1. The molecule has 0 fully saturated rings. The van der Waals surface area contributed by atoms with Crippen LogP contribution in [0.25, 0.3) is 10.8 Å². The molecule has 3 aromatic rings. The molecule has 1 atom stereocenters. The van der Waals surface area contributed by atoms with Crippen molar-refractivity contribution in [3.05, 3.63) is 66.6 Å². The summed E-state index contributed by atoms with van der Waals surface area (Å²) >= 11 is 0. The third-order valence-corrected chi connectivity index (χ3v) is 8.18. The lowest BCUT2D eigenvalue weighted by molar-refractivity contribution is -0.121. The molecule has 0 saturated heterocycles. The zero-order valence-corrected chi connectivity index (χ0v) is 21.8. The standard InChI is InChI=1S/C27H37N3O4S/c1-4-29(5-2)18-9-11-22(3)28-27(31)17-19-30(21-24-14-10-20-34-24)35(32,33)26-16-8-13-23-12-6-7-15-25(23)26/h6-8,10,12-16,20,22H,4-5,9,11,17-19,21H2,1-3H3,(H,28,31). The van der Waals surface area contributed by atoms with Gasteiger partial charge in [0.05, 0.1) is 17.7 Å². The molecule has 1 aromatic heterocycles. The van der Waals surface area contributed by atoms with Gasteiger partial charge in [-0.05, 0) is 63.0 Å². The van der Waals surface area contributed by atoms with Crippen LogP contribution >= 0.6 is 0 Å². The summed E-state index contributed by atoms with van der Waals surface area (Å²) in [6, 6.07) is 16.2. The molecule has 1 heterocycles. The van der Waals surface area contributed by atoms with E-state index in [1.54, 1.807) is 30.3 Å². The first-order valence-electron chi connectivity index (χ1n) is 12.4. The van der Waals surface area contributed by atoms with E-state index in [4.69, 9.17) is 4.42 Å². The van der Waals surface area contributed by atoms with Gasteiger partial charge in [-0.3, -0.25) is 4.79 Å². The van der Waals surface area contributed by atoms with Gasteiger partial charge in [0.1, 0.15) is 5.76 Å². The van der Waals surface area contributed by atoms with E-state index in [0.29, 0.717) is 11.1 Å². The second-order valence-corrected chi connectivity index (χ2v) is 10.7. The lowest BCUT2D eigenvalue weighted by atomic mass is 10.1. The Morgan fingerprint density at radius 3 is 2.46 bits per heavy atom. The summed E-state index contributed by atoms with van der Waals surface area (Å²) in [7, 11) is -3.87. The normalized spacial score (nSPS) is 12.9. The van der Waals surface area contributed by atoms with Crippen LogP contribution in [-0.2, 0) is 21.4 Å². The van der Waals surface area contributed by atoms with Crippen LogP contribution < -0.4 is 5.32 Å². The molecule has 3 rings (SSSR count). The van der Waals surface area contributed by atoms with Crippen LogP contribution in [-0.4, -0.2) is 55.8 Å². The van der Waals surface area contributed by atoms with Gasteiger partial charge in [0.25, 0.3) is 0 Å². The number of hydrogen-bond donors (Lipinski definition) is 1. The molecular weight excluding hydrogens is 462 g/mol. The van der Waals surface area contributed by atoms with Crippen LogP contribution in [0.5, 0.6) is 0 Å². The van der Waals surface area contributed by atoms with E-state index in [1.807, 2.05) is 31.2 Å². The van der Waals surface area contributed by atoms with Crippen molar-refractivity contribution in [1.82, 2.24) is 14.5 Å². The summed E-state index contributed by atoms with van der Waals surface area (Å²) < 4.78 is 34.2. The highest BCUT2D eigenvalue weighted by molar-refractivity contribution is 7.89. The Morgan fingerprint density at radius 1 is 1.00 bits per heavy atom. The van der Waals surface area contributed by atoms with Gasteiger partial charge in [-0.1, -0.05) is 50.2 Å². The minimum atomic E-state index is -3.87. The first kappa shape index (κ1) is 26.9. The van der Waals surface area contributed by atoms with Crippen molar-refractivity contribution in [2.75, 3.05) is 26.2 Å². The fourth-order valence-electron chi connectivity index (χ4n) is 4.23. The van der Waals surface area contributed by atoms with Gasteiger partial charge < -0.3 is 14.6 Å². The predicted molar refractivity (Wildman–Crippen MR) is 139 cm³/mol. The molecule has 1 amide bonds. The van der Waals surface area contributed by atoms with E-state index in [1.165, 1.54) is 10.6 Å². The highest BCUT2D eigenvalue weighted by Crippen LogP contribution is 2.27. The Hall–Kier alpha value is -2.68. The molecular formula is C27H37N3O4S. The molecule has 8 heteroatoms. The van der Waals surface area contributed by atoms with Crippen molar-refractivity contribution in [2.24, 2.45) is 0 Å². The number of amides is 1. The number of carbonyl (C=O) groups is 1. The van der Waals surface area contributed by atoms with Crippen molar-refractivity contribution in [1.29, 1.82) is 0 Å². The minimum absolute atomic E-state index is 0.0336. The largest absolute Gasteiger partial charge is 0.468 e. The predicted octanol–water partition coefficient (Wildman–Crippen LogP) is 4.64. The zero-order valence-electron chi connectivity index (χ0n) is 20.9. The van der Waals surface area contributed by atoms with Gasteiger partial charge in [0.15, 0.2) is 0 Å². The number of fused-ring (bicyclic) bond motifs is 1. The van der Waals surface area contributed by atoms with E-state index in [2.05, 4.69) is 24.1 Å². The van der Waals surface area contributed by atoms with Crippen molar-refractivity contribution < 1.29 is 17.6 Å². The van der Waals surface area contributed by atoms with E-state index < -0.39 is 10.0 Å². The third kappa shape index (κ3) is 7.40. The highest BCUT2D eigenvalue weighted by Gasteiger charge is 2.28. The van der Waals surface area contributed by atoms with E-state index in [9.17, 15) is 13.2 Å². The lowest BCUT2D eigenvalue weighted by Gasteiger charge is -2.23. The van der Waals surface area contributed by atoms with Crippen LogP contribution in [0.2, 0.25) is 0 Å². The number of hydrogen-bond acceptors (Lipinski definition) is 5. The molecule has 190 valence electrons. The molecule has 2 aromatic carbocycles. The van der Waals surface area contributed by atoms with Crippen LogP contribution in [0.3, 0.4) is 0 Å². The molecule has 7 nitrogen and oxygen atoms in total.